The Morgan fingerprint density at radius 2 is 1.90 bits per heavy atom. The number of para-hydroxylation sites is 1. The van der Waals surface area contributed by atoms with Crippen LogP contribution in [-0.2, 0) is 13.7 Å². The number of fused-ring (bicyclic) bond motifs is 1. The van der Waals surface area contributed by atoms with E-state index in [0.717, 1.165) is 27.2 Å². The highest BCUT2D eigenvalue weighted by molar-refractivity contribution is 6.35. The predicted molar refractivity (Wildman–Crippen MR) is 80.4 cm³/mol. The number of phenolic OH excluding ortho intramolecular Hbond substituents is 1. The quantitative estimate of drug-likeness (QED) is 0.786. The minimum atomic E-state index is 0.231. The van der Waals surface area contributed by atoms with Crippen molar-refractivity contribution >= 4 is 22.5 Å². The molecule has 0 aliphatic heterocycles. The van der Waals surface area contributed by atoms with Crippen LogP contribution >= 0.6 is 11.6 Å². The van der Waals surface area contributed by atoms with Crippen LogP contribution in [0, 0.1) is 0 Å². The van der Waals surface area contributed by atoms with E-state index < -0.39 is 0 Å². The van der Waals surface area contributed by atoms with Crippen LogP contribution in [0.15, 0.2) is 48.7 Å². The largest absolute Gasteiger partial charge is 0.508 e. The molecule has 102 valence electrons. The molecule has 3 rings (SSSR count). The summed E-state index contributed by atoms with van der Waals surface area (Å²) >= 11 is 6.22. The Morgan fingerprint density at radius 1 is 1.15 bits per heavy atom. The second-order valence-electron chi connectivity index (χ2n) is 4.68. The zero-order valence-corrected chi connectivity index (χ0v) is 11.8. The fraction of sp³-hybridized carbons (Fsp3) is 0.125. The summed E-state index contributed by atoms with van der Waals surface area (Å²) in [5, 5.41) is 11.1. The van der Waals surface area contributed by atoms with Gasteiger partial charge in [0.25, 0.3) is 0 Å². The van der Waals surface area contributed by atoms with Gasteiger partial charge in [-0.15, -0.1) is 0 Å². The topological polar surface area (TPSA) is 34.4 Å². The van der Waals surface area contributed by atoms with Crippen molar-refractivity contribution in [1.29, 1.82) is 0 Å². The smallest absolute Gasteiger partial charge is 0.120 e. The average molecular weight is 288 g/mol. The number of rotatable bonds is 3. The SMILES string of the molecule is Cn1cc(COc2ccc(O)cc2)c2cccc(Cl)c21. The summed E-state index contributed by atoms with van der Waals surface area (Å²) in [5.41, 5.74) is 2.09. The van der Waals surface area contributed by atoms with Gasteiger partial charge < -0.3 is 14.4 Å². The Hall–Kier alpha value is -2.13. The molecule has 0 fully saturated rings. The molecule has 4 heteroatoms. The number of aromatic nitrogens is 1. The van der Waals surface area contributed by atoms with E-state index in [0.29, 0.717) is 6.61 Å². The first-order valence-corrected chi connectivity index (χ1v) is 6.67. The minimum absolute atomic E-state index is 0.231. The molecule has 3 nitrogen and oxygen atoms in total. The predicted octanol–water partition coefficient (Wildman–Crippen LogP) is 4.12. The van der Waals surface area contributed by atoms with Gasteiger partial charge in [-0.3, -0.25) is 0 Å². The van der Waals surface area contributed by atoms with Gasteiger partial charge >= 0.3 is 0 Å². The van der Waals surface area contributed by atoms with Crippen molar-refractivity contribution in [3.8, 4) is 11.5 Å². The van der Waals surface area contributed by atoms with E-state index in [1.165, 1.54) is 0 Å². The van der Waals surface area contributed by atoms with Crippen LogP contribution in [0.1, 0.15) is 5.56 Å². The number of aromatic hydroxyl groups is 1. The van der Waals surface area contributed by atoms with E-state index in [-0.39, 0.29) is 5.75 Å². The summed E-state index contributed by atoms with van der Waals surface area (Å²) in [6.45, 7) is 0.461. The lowest BCUT2D eigenvalue weighted by Gasteiger charge is -2.05. The summed E-state index contributed by atoms with van der Waals surface area (Å²) in [6.07, 6.45) is 2.02. The molecule has 0 saturated heterocycles. The third-order valence-electron chi connectivity index (χ3n) is 3.27. The maximum Gasteiger partial charge on any atom is 0.120 e. The van der Waals surface area contributed by atoms with Crippen molar-refractivity contribution < 1.29 is 9.84 Å². The van der Waals surface area contributed by atoms with E-state index in [9.17, 15) is 5.11 Å². The molecule has 1 heterocycles. The van der Waals surface area contributed by atoms with Gasteiger partial charge in [-0.05, 0) is 30.3 Å². The summed E-state index contributed by atoms with van der Waals surface area (Å²) < 4.78 is 7.75. The van der Waals surface area contributed by atoms with Gasteiger partial charge in [0.1, 0.15) is 18.1 Å². The van der Waals surface area contributed by atoms with Gasteiger partial charge in [-0.25, -0.2) is 0 Å². The summed E-state index contributed by atoms with van der Waals surface area (Å²) in [6, 6.07) is 12.6. The van der Waals surface area contributed by atoms with Crippen LogP contribution in [0.3, 0.4) is 0 Å². The number of nitrogens with zero attached hydrogens (tertiary/aromatic N) is 1. The number of ether oxygens (including phenoxy) is 1. The third kappa shape index (κ3) is 2.32. The van der Waals surface area contributed by atoms with Gasteiger partial charge in [0.05, 0.1) is 10.5 Å². The second kappa shape index (κ2) is 5.10. The number of halogens is 1. The lowest BCUT2D eigenvalue weighted by atomic mass is 10.2. The van der Waals surface area contributed by atoms with Gasteiger partial charge in [0.15, 0.2) is 0 Å². The van der Waals surface area contributed by atoms with Crippen molar-refractivity contribution in [3.05, 3.63) is 59.2 Å². The van der Waals surface area contributed by atoms with Crippen LogP contribution in [0.2, 0.25) is 5.02 Å². The first-order valence-electron chi connectivity index (χ1n) is 6.29. The van der Waals surface area contributed by atoms with Crippen molar-refractivity contribution in [1.82, 2.24) is 4.57 Å². The van der Waals surface area contributed by atoms with Crippen molar-refractivity contribution in [2.24, 2.45) is 7.05 Å². The molecular formula is C16H14ClNO2. The molecule has 0 radical (unpaired) electrons. The molecule has 0 aliphatic rings. The van der Waals surface area contributed by atoms with Crippen LogP contribution < -0.4 is 4.74 Å². The molecule has 0 unspecified atom stereocenters. The Morgan fingerprint density at radius 3 is 2.65 bits per heavy atom. The van der Waals surface area contributed by atoms with E-state index >= 15 is 0 Å². The highest BCUT2D eigenvalue weighted by Gasteiger charge is 2.09. The first-order chi connectivity index (χ1) is 9.65. The lowest BCUT2D eigenvalue weighted by Crippen LogP contribution is -1.94. The highest BCUT2D eigenvalue weighted by Crippen LogP contribution is 2.28. The zero-order chi connectivity index (χ0) is 14.1. The van der Waals surface area contributed by atoms with E-state index in [1.54, 1.807) is 24.3 Å². The summed E-state index contributed by atoms with van der Waals surface area (Å²) in [7, 11) is 1.97. The number of benzene rings is 2. The molecule has 20 heavy (non-hydrogen) atoms. The van der Waals surface area contributed by atoms with E-state index in [1.807, 2.05) is 36.0 Å². The Kier molecular flexibility index (Phi) is 3.28. The standard InChI is InChI=1S/C16H14ClNO2/c1-18-9-11(14-3-2-4-15(17)16(14)18)10-20-13-7-5-12(19)6-8-13/h2-9,19H,10H2,1H3. The van der Waals surface area contributed by atoms with Crippen molar-refractivity contribution in [3.63, 3.8) is 0 Å². The zero-order valence-electron chi connectivity index (χ0n) is 11.0. The molecule has 0 bridgehead atoms. The molecule has 0 saturated carbocycles. The fourth-order valence-corrected chi connectivity index (χ4v) is 2.63. The molecule has 1 N–H and O–H groups in total. The van der Waals surface area contributed by atoms with E-state index in [4.69, 9.17) is 16.3 Å². The van der Waals surface area contributed by atoms with Gasteiger partial charge in [-0.2, -0.15) is 0 Å². The number of hydrogen-bond donors (Lipinski definition) is 1. The van der Waals surface area contributed by atoms with Gasteiger partial charge in [0, 0.05) is 24.2 Å². The first kappa shape index (κ1) is 12.9. The average Bonchev–Trinajstić information content (AvgIpc) is 2.76. The Bertz CT molecular complexity index is 747. The van der Waals surface area contributed by atoms with Crippen molar-refractivity contribution in [2.75, 3.05) is 0 Å². The number of phenols is 1. The fourth-order valence-electron chi connectivity index (χ4n) is 2.32. The van der Waals surface area contributed by atoms with E-state index in [2.05, 4.69) is 0 Å². The highest BCUT2D eigenvalue weighted by atomic mass is 35.5. The molecule has 0 atom stereocenters. The Labute approximate surface area is 122 Å². The van der Waals surface area contributed by atoms with Crippen LogP contribution in [-0.4, -0.2) is 9.67 Å². The van der Waals surface area contributed by atoms with Gasteiger partial charge in [-0.1, -0.05) is 23.7 Å². The molecule has 2 aromatic carbocycles. The molecule has 0 aliphatic carbocycles. The molecular weight excluding hydrogens is 274 g/mol. The lowest BCUT2D eigenvalue weighted by molar-refractivity contribution is 0.307. The summed E-state index contributed by atoms with van der Waals surface area (Å²) in [5.74, 6) is 0.955. The molecule has 0 amide bonds. The van der Waals surface area contributed by atoms with Crippen molar-refractivity contribution in [2.45, 2.75) is 6.61 Å². The van der Waals surface area contributed by atoms with Crippen LogP contribution in [0.4, 0.5) is 0 Å². The number of hydrogen-bond acceptors (Lipinski definition) is 2. The normalized spacial score (nSPS) is 10.9. The minimum Gasteiger partial charge on any atom is -0.508 e. The van der Waals surface area contributed by atoms with Crippen LogP contribution in [0.5, 0.6) is 11.5 Å². The van der Waals surface area contributed by atoms with Crippen LogP contribution in [0.25, 0.3) is 10.9 Å². The van der Waals surface area contributed by atoms with Gasteiger partial charge in [0.2, 0.25) is 0 Å². The monoisotopic (exact) mass is 287 g/mol. The number of aryl methyl sites for hydroxylation is 1. The molecule has 3 aromatic rings. The maximum absolute atomic E-state index is 9.24. The second-order valence-corrected chi connectivity index (χ2v) is 5.09. The molecule has 0 spiro atoms. The Balaban J connectivity index is 1.88. The third-order valence-corrected chi connectivity index (χ3v) is 3.57. The molecule has 1 aromatic heterocycles. The summed E-state index contributed by atoms with van der Waals surface area (Å²) in [4.78, 5) is 0. The maximum atomic E-state index is 9.24.